The van der Waals surface area contributed by atoms with Gasteiger partial charge in [0.05, 0.1) is 5.92 Å². The van der Waals surface area contributed by atoms with Crippen LogP contribution in [0.2, 0.25) is 0 Å². The lowest BCUT2D eigenvalue weighted by molar-refractivity contribution is -0.145. The van der Waals surface area contributed by atoms with Crippen molar-refractivity contribution >= 4 is 17.6 Å². The van der Waals surface area contributed by atoms with E-state index in [1.165, 1.54) is 0 Å². The summed E-state index contributed by atoms with van der Waals surface area (Å²) < 4.78 is 0. The van der Waals surface area contributed by atoms with Crippen molar-refractivity contribution in [3.05, 3.63) is 0 Å². The van der Waals surface area contributed by atoms with E-state index >= 15 is 0 Å². The van der Waals surface area contributed by atoms with Crippen molar-refractivity contribution in [2.24, 2.45) is 29.4 Å². The fraction of sp³-hybridized carbons (Fsp3) is 0.833. The molecule has 2 amide bonds. The van der Waals surface area contributed by atoms with Crippen molar-refractivity contribution in [2.45, 2.75) is 62.9 Å². The van der Waals surface area contributed by atoms with E-state index in [1.807, 2.05) is 0 Å². The second-order valence-electron chi connectivity index (χ2n) is 8.26. The lowest BCUT2D eigenvalue weighted by atomic mass is 9.68. The smallest absolute Gasteiger partial charge is 0.287 e. The highest BCUT2D eigenvalue weighted by molar-refractivity contribution is 6.38. The quantitative estimate of drug-likeness (QED) is 0.590. The van der Waals surface area contributed by atoms with Gasteiger partial charge in [0, 0.05) is 6.04 Å². The molecule has 4 rings (SSSR count). The standard InChI is InChI=1S/C18H27N3O3/c19-17(24)18(13-3-1-2-11(13)9-20-18)14(8-10-4-5-10)15(22)16(23)21-12-6-7-12/h10-14,20H,1-9H2,(H2,19,24)(H,21,23)/t11?,13?,14-,18?/m1/s1. The Morgan fingerprint density at radius 2 is 1.88 bits per heavy atom. The van der Waals surface area contributed by atoms with Crippen LogP contribution < -0.4 is 16.4 Å². The van der Waals surface area contributed by atoms with E-state index in [4.69, 9.17) is 5.73 Å². The first kappa shape index (κ1) is 16.1. The normalized spacial score (nSPS) is 36.2. The minimum Gasteiger partial charge on any atom is -0.368 e. The molecule has 1 aliphatic heterocycles. The molecule has 0 aromatic carbocycles. The molecule has 0 radical (unpaired) electrons. The summed E-state index contributed by atoms with van der Waals surface area (Å²) >= 11 is 0. The van der Waals surface area contributed by atoms with Crippen LogP contribution in [0.1, 0.15) is 51.4 Å². The molecule has 1 heterocycles. The van der Waals surface area contributed by atoms with E-state index in [9.17, 15) is 14.4 Å². The van der Waals surface area contributed by atoms with E-state index < -0.39 is 29.1 Å². The lowest BCUT2D eigenvalue weighted by Gasteiger charge is -2.38. The number of primary amides is 1. The molecule has 4 atom stereocenters. The second kappa shape index (κ2) is 5.83. The Hall–Kier alpha value is -1.43. The highest BCUT2D eigenvalue weighted by Gasteiger charge is 2.61. The molecule has 0 spiro atoms. The molecule has 0 aromatic rings. The van der Waals surface area contributed by atoms with Gasteiger partial charge in [-0.05, 0) is 56.4 Å². The van der Waals surface area contributed by atoms with Crippen LogP contribution in [0.15, 0.2) is 0 Å². The third-order valence-corrected chi connectivity index (χ3v) is 6.58. The van der Waals surface area contributed by atoms with Crippen LogP contribution in [0.25, 0.3) is 0 Å². The summed E-state index contributed by atoms with van der Waals surface area (Å²) in [6.07, 6.45) is 7.71. The number of nitrogens with one attached hydrogen (secondary N) is 2. The molecular formula is C18H27N3O3. The first-order valence-corrected chi connectivity index (χ1v) is 9.42. The molecule has 4 aliphatic rings. The summed E-state index contributed by atoms with van der Waals surface area (Å²) in [4.78, 5) is 38.0. The summed E-state index contributed by atoms with van der Waals surface area (Å²) in [6.45, 7) is 0.728. The molecule has 3 saturated carbocycles. The van der Waals surface area contributed by atoms with Crippen molar-refractivity contribution in [2.75, 3.05) is 6.54 Å². The molecule has 4 N–H and O–H groups in total. The van der Waals surface area contributed by atoms with Crippen LogP contribution >= 0.6 is 0 Å². The van der Waals surface area contributed by atoms with Gasteiger partial charge in [0.25, 0.3) is 5.91 Å². The molecule has 0 aromatic heterocycles. The molecule has 3 unspecified atom stereocenters. The number of nitrogens with two attached hydrogens (primary N) is 1. The van der Waals surface area contributed by atoms with E-state index in [0.29, 0.717) is 18.3 Å². The molecular weight excluding hydrogens is 306 g/mol. The fourth-order valence-electron chi connectivity index (χ4n) is 4.96. The number of fused-ring (bicyclic) bond motifs is 1. The topological polar surface area (TPSA) is 101 Å². The largest absolute Gasteiger partial charge is 0.368 e. The maximum absolute atomic E-state index is 13.0. The third-order valence-electron chi connectivity index (χ3n) is 6.58. The zero-order valence-electron chi connectivity index (χ0n) is 14.1. The lowest BCUT2D eigenvalue weighted by Crippen LogP contribution is -2.64. The van der Waals surface area contributed by atoms with Crippen LogP contribution in [-0.4, -0.2) is 35.7 Å². The Morgan fingerprint density at radius 1 is 1.12 bits per heavy atom. The monoisotopic (exact) mass is 333 g/mol. The third kappa shape index (κ3) is 2.65. The maximum atomic E-state index is 13.0. The van der Waals surface area contributed by atoms with Gasteiger partial charge in [-0.15, -0.1) is 0 Å². The summed E-state index contributed by atoms with van der Waals surface area (Å²) in [5.74, 6) is -1.08. The van der Waals surface area contributed by atoms with E-state index in [0.717, 1.165) is 51.5 Å². The van der Waals surface area contributed by atoms with Crippen molar-refractivity contribution in [3.63, 3.8) is 0 Å². The van der Waals surface area contributed by atoms with Crippen LogP contribution in [0.4, 0.5) is 0 Å². The first-order valence-electron chi connectivity index (χ1n) is 9.42. The van der Waals surface area contributed by atoms with Crippen molar-refractivity contribution < 1.29 is 14.4 Å². The fourth-order valence-corrected chi connectivity index (χ4v) is 4.96. The molecule has 1 saturated heterocycles. The number of ketones is 1. The average molecular weight is 333 g/mol. The number of amides is 2. The Bertz CT molecular complexity index is 570. The maximum Gasteiger partial charge on any atom is 0.287 e. The van der Waals surface area contributed by atoms with Gasteiger partial charge in [0.1, 0.15) is 5.54 Å². The number of carbonyl (C=O) groups excluding carboxylic acids is 3. The van der Waals surface area contributed by atoms with Gasteiger partial charge in [0.15, 0.2) is 0 Å². The van der Waals surface area contributed by atoms with Gasteiger partial charge in [-0.2, -0.15) is 0 Å². The first-order chi connectivity index (χ1) is 11.5. The van der Waals surface area contributed by atoms with E-state index in [2.05, 4.69) is 10.6 Å². The molecule has 6 heteroatoms. The molecule has 4 fully saturated rings. The zero-order valence-corrected chi connectivity index (χ0v) is 14.1. The number of hydrogen-bond acceptors (Lipinski definition) is 4. The van der Waals surface area contributed by atoms with Crippen molar-refractivity contribution in [1.29, 1.82) is 0 Å². The number of hydrogen-bond donors (Lipinski definition) is 3. The Labute approximate surface area is 142 Å². The predicted molar refractivity (Wildman–Crippen MR) is 87.8 cm³/mol. The van der Waals surface area contributed by atoms with E-state index in [-0.39, 0.29) is 12.0 Å². The Balaban J connectivity index is 1.63. The molecule has 3 aliphatic carbocycles. The van der Waals surface area contributed by atoms with Gasteiger partial charge in [0.2, 0.25) is 11.7 Å². The second-order valence-corrected chi connectivity index (χ2v) is 8.26. The SMILES string of the molecule is NC(=O)C1([C@H](CC2CC2)C(=O)C(=O)NC2CC2)NCC2CCCC21. The summed E-state index contributed by atoms with van der Waals surface area (Å²) in [6, 6.07) is 0.142. The van der Waals surface area contributed by atoms with Crippen molar-refractivity contribution in [3.8, 4) is 0 Å². The van der Waals surface area contributed by atoms with Crippen LogP contribution in [-0.2, 0) is 14.4 Å². The van der Waals surface area contributed by atoms with Crippen LogP contribution in [0, 0.1) is 23.7 Å². The van der Waals surface area contributed by atoms with Gasteiger partial charge in [-0.25, -0.2) is 0 Å². The Morgan fingerprint density at radius 3 is 2.50 bits per heavy atom. The number of carbonyl (C=O) groups is 3. The zero-order chi connectivity index (χ0) is 16.9. The van der Waals surface area contributed by atoms with Gasteiger partial charge >= 0.3 is 0 Å². The minimum atomic E-state index is -1.03. The molecule has 6 nitrogen and oxygen atoms in total. The summed E-state index contributed by atoms with van der Waals surface area (Å²) in [7, 11) is 0. The highest BCUT2D eigenvalue weighted by atomic mass is 16.2. The van der Waals surface area contributed by atoms with Gasteiger partial charge < -0.3 is 16.4 Å². The molecule has 132 valence electrons. The summed E-state index contributed by atoms with van der Waals surface area (Å²) in [5.41, 5.74) is 4.83. The highest BCUT2D eigenvalue weighted by Crippen LogP contribution is 2.50. The van der Waals surface area contributed by atoms with E-state index in [1.54, 1.807) is 0 Å². The predicted octanol–water partition coefficient (Wildman–Crippen LogP) is 0.494. The average Bonchev–Trinajstić information content (AvgIpc) is 3.45. The van der Waals surface area contributed by atoms with Crippen molar-refractivity contribution in [1.82, 2.24) is 10.6 Å². The summed E-state index contributed by atoms with van der Waals surface area (Å²) in [5, 5.41) is 6.13. The van der Waals surface area contributed by atoms with Gasteiger partial charge in [-0.1, -0.05) is 19.3 Å². The van der Waals surface area contributed by atoms with Crippen LogP contribution in [0.3, 0.4) is 0 Å². The molecule has 0 bridgehead atoms. The molecule has 24 heavy (non-hydrogen) atoms. The Kier molecular flexibility index (Phi) is 3.90. The van der Waals surface area contributed by atoms with Crippen LogP contribution in [0.5, 0.6) is 0 Å². The minimum absolute atomic E-state index is 0.0939. The number of rotatable bonds is 7. The number of Topliss-reactive ketones (excluding diaryl/α,β-unsaturated/α-hetero) is 1. The van der Waals surface area contributed by atoms with Gasteiger partial charge in [-0.3, -0.25) is 14.4 Å².